The van der Waals surface area contributed by atoms with Gasteiger partial charge in [-0.25, -0.2) is 0 Å². The number of rotatable bonds is 1. The Kier molecular flexibility index (Phi) is 9.85. The molecule has 0 radical (unpaired) electrons. The molecule has 1 amide bonds. The molecule has 0 aromatic carbocycles. The summed E-state index contributed by atoms with van der Waals surface area (Å²) in [6.45, 7) is 15.9. The zero-order valence-electron chi connectivity index (χ0n) is 20.3. The highest BCUT2D eigenvalue weighted by atomic mass is 16.2. The highest BCUT2D eigenvalue weighted by Crippen LogP contribution is 2.65. The molecule has 7 atom stereocenters. The number of amides is 1. The summed E-state index contributed by atoms with van der Waals surface area (Å²) in [6, 6.07) is 0.487. The molecule has 4 fully saturated rings. The van der Waals surface area contributed by atoms with Crippen LogP contribution in [0.1, 0.15) is 92.9 Å². The fourth-order valence-corrected chi connectivity index (χ4v) is 7.65. The summed E-state index contributed by atoms with van der Waals surface area (Å²) in [5.41, 5.74) is 6.97. The molecular weight excluding hydrogens is 360 g/mol. The minimum absolute atomic E-state index is 0.355. The molecule has 0 aromatic heterocycles. The molecule has 2 N–H and O–H groups in total. The lowest BCUT2D eigenvalue weighted by atomic mass is 9.47. The SMILES string of the molecule is C=O.CC.CC.CN1C(=O)CCC2(C)C3CCC4(C)C(CN)CCC4C3CCC12. The van der Waals surface area contributed by atoms with Crippen molar-refractivity contribution in [3.05, 3.63) is 0 Å². The second kappa shape index (κ2) is 10.9. The number of carbonyl (C=O) groups excluding carboxylic acids is 2. The molecule has 0 spiro atoms. The number of fused-ring (bicyclic) bond motifs is 5. The van der Waals surface area contributed by atoms with Gasteiger partial charge < -0.3 is 15.4 Å². The molecule has 7 unspecified atom stereocenters. The van der Waals surface area contributed by atoms with Crippen molar-refractivity contribution in [1.29, 1.82) is 0 Å². The van der Waals surface area contributed by atoms with Crippen LogP contribution in [0, 0.1) is 34.5 Å². The van der Waals surface area contributed by atoms with E-state index in [9.17, 15) is 4.79 Å². The lowest BCUT2D eigenvalue weighted by Crippen LogP contribution is -2.61. The van der Waals surface area contributed by atoms with E-state index in [0.717, 1.165) is 43.1 Å². The first-order valence-corrected chi connectivity index (χ1v) is 12.2. The van der Waals surface area contributed by atoms with E-state index in [4.69, 9.17) is 10.5 Å². The Morgan fingerprint density at radius 2 is 1.52 bits per heavy atom. The van der Waals surface area contributed by atoms with Crippen molar-refractivity contribution >= 4 is 12.7 Å². The van der Waals surface area contributed by atoms with Gasteiger partial charge in [0.05, 0.1) is 0 Å². The van der Waals surface area contributed by atoms with Gasteiger partial charge in [0, 0.05) is 19.5 Å². The largest absolute Gasteiger partial charge is 0.342 e. The van der Waals surface area contributed by atoms with Crippen molar-refractivity contribution < 1.29 is 9.59 Å². The van der Waals surface area contributed by atoms with Gasteiger partial charge in [0.25, 0.3) is 0 Å². The normalized spacial score (nSPS) is 42.4. The third-order valence-electron chi connectivity index (χ3n) is 9.04. The smallest absolute Gasteiger partial charge is 0.222 e. The van der Waals surface area contributed by atoms with Gasteiger partial charge in [0.2, 0.25) is 5.91 Å². The van der Waals surface area contributed by atoms with E-state index < -0.39 is 0 Å². The molecule has 3 saturated carbocycles. The summed E-state index contributed by atoms with van der Waals surface area (Å²) in [4.78, 5) is 22.3. The van der Waals surface area contributed by atoms with E-state index in [1.165, 1.54) is 38.5 Å². The molecule has 170 valence electrons. The Morgan fingerprint density at radius 3 is 2.10 bits per heavy atom. The van der Waals surface area contributed by atoms with Crippen molar-refractivity contribution in [2.75, 3.05) is 13.6 Å². The van der Waals surface area contributed by atoms with Crippen molar-refractivity contribution in [2.45, 2.75) is 99.0 Å². The molecule has 0 aromatic rings. The lowest BCUT2D eigenvalue weighted by Gasteiger charge is -2.61. The van der Waals surface area contributed by atoms with Crippen LogP contribution in [0.15, 0.2) is 0 Å². The lowest BCUT2D eigenvalue weighted by molar-refractivity contribution is -0.158. The molecule has 4 heteroatoms. The maximum atomic E-state index is 12.2. The summed E-state index contributed by atoms with van der Waals surface area (Å²) >= 11 is 0. The maximum absolute atomic E-state index is 12.2. The van der Waals surface area contributed by atoms with Crippen LogP contribution < -0.4 is 5.73 Å². The molecule has 4 nitrogen and oxygen atoms in total. The molecule has 3 aliphatic carbocycles. The molecule has 0 bridgehead atoms. The predicted octanol–water partition coefficient (Wildman–Crippen LogP) is 5.29. The average Bonchev–Trinajstić information content (AvgIpc) is 3.12. The van der Waals surface area contributed by atoms with Gasteiger partial charge in [-0.05, 0) is 86.0 Å². The minimum atomic E-state index is 0.355. The van der Waals surface area contributed by atoms with Crippen LogP contribution in [0.5, 0.6) is 0 Å². The number of likely N-dealkylation sites (tertiary alicyclic amines) is 1. The second-order valence-electron chi connectivity index (χ2n) is 9.53. The number of carbonyl (C=O) groups is 2. The summed E-state index contributed by atoms with van der Waals surface area (Å²) < 4.78 is 0. The monoisotopic (exact) mass is 408 g/mol. The summed E-state index contributed by atoms with van der Waals surface area (Å²) in [7, 11) is 2.05. The van der Waals surface area contributed by atoms with Crippen LogP contribution in [0.3, 0.4) is 0 Å². The number of nitrogens with zero attached hydrogens (tertiary/aromatic N) is 1. The quantitative estimate of drug-likeness (QED) is 0.641. The summed E-state index contributed by atoms with van der Waals surface area (Å²) in [5, 5.41) is 0. The average molecular weight is 409 g/mol. The number of hydrogen-bond donors (Lipinski definition) is 1. The van der Waals surface area contributed by atoms with Crippen LogP contribution in [-0.2, 0) is 9.59 Å². The van der Waals surface area contributed by atoms with Crippen molar-refractivity contribution in [3.63, 3.8) is 0 Å². The van der Waals surface area contributed by atoms with E-state index in [2.05, 4.69) is 25.8 Å². The first-order valence-electron chi connectivity index (χ1n) is 12.2. The topological polar surface area (TPSA) is 63.4 Å². The molecular formula is C25H48N2O2. The van der Waals surface area contributed by atoms with Crippen LogP contribution >= 0.6 is 0 Å². The zero-order valence-corrected chi connectivity index (χ0v) is 20.3. The molecule has 4 rings (SSSR count). The fourth-order valence-electron chi connectivity index (χ4n) is 7.65. The second-order valence-corrected chi connectivity index (χ2v) is 9.53. The van der Waals surface area contributed by atoms with E-state index in [-0.39, 0.29) is 0 Å². The fraction of sp³-hybridized carbons (Fsp3) is 0.920. The molecule has 4 aliphatic rings. The predicted molar refractivity (Wildman–Crippen MR) is 123 cm³/mol. The first kappa shape index (κ1) is 26.1. The van der Waals surface area contributed by atoms with Crippen LogP contribution in [0.4, 0.5) is 0 Å². The highest BCUT2D eigenvalue weighted by molar-refractivity contribution is 5.77. The molecule has 29 heavy (non-hydrogen) atoms. The molecule has 1 saturated heterocycles. The van der Waals surface area contributed by atoms with Crippen molar-refractivity contribution in [3.8, 4) is 0 Å². The third-order valence-corrected chi connectivity index (χ3v) is 9.04. The van der Waals surface area contributed by atoms with Gasteiger partial charge in [0.15, 0.2) is 0 Å². The first-order chi connectivity index (χ1) is 13.9. The Balaban J connectivity index is 0.000000644. The number of piperidine rings is 1. The maximum Gasteiger partial charge on any atom is 0.222 e. The van der Waals surface area contributed by atoms with Crippen molar-refractivity contribution in [1.82, 2.24) is 4.90 Å². The number of hydrogen-bond acceptors (Lipinski definition) is 3. The number of nitrogens with two attached hydrogens (primary N) is 1. The summed E-state index contributed by atoms with van der Waals surface area (Å²) in [6.07, 6.45) is 9.91. The highest BCUT2D eigenvalue weighted by Gasteiger charge is 2.60. The Hall–Kier alpha value is -0.900. The Bertz CT molecular complexity index is 525. The van der Waals surface area contributed by atoms with Gasteiger partial charge >= 0.3 is 0 Å². The Morgan fingerprint density at radius 1 is 0.931 bits per heavy atom. The Labute approximate surface area is 180 Å². The molecule has 1 aliphatic heterocycles. The third kappa shape index (κ3) is 4.29. The van der Waals surface area contributed by atoms with Gasteiger partial charge in [-0.15, -0.1) is 0 Å². The van der Waals surface area contributed by atoms with Gasteiger partial charge in [-0.1, -0.05) is 41.5 Å². The van der Waals surface area contributed by atoms with Gasteiger partial charge in [-0.2, -0.15) is 0 Å². The van der Waals surface area contributed by atoms with Crippen LogP contribution in [0.25, 0.3) is 0 Å². The summed E-state index contributed by atoms with van der Waals surface area (Å²) in [5.74, 6) is 3.71. The van der Waals surface area contributed by atoms with E-state index in [0.29, 0.717) is 22.8 Å². The zero-order chi connectivity index (χ0) is 22.4. The van der Waals surface area contributed by atoms with Crippen molar-refractivity contribution in [2.24, 2.45) is 40.2 Å². The minimum Gasteiger partial charge on any atom is -0.342 e. The van der Waals surface area contributed by atoms with E-state index in [1.807, 2.05) is 34.5 Å². The van der Waals surface area contributed by atoms with Crippen LogP contribution in [0.2, 0.25) is 0 Å². The van der Waals surface area contributed by atoms with E-state index in [1.54, 1.807) is 0 Å². The standard InChI is InChI=1S/C20H34N2O.2C2H6.CH2O/c1-19-10-8-16-14(15(19)6-4-13(19)12-21)5-7-17-20(16,2)11-9-18(23)22(17)3;3*1-2/h13-17H,4-12,21H2,1-3H3;2*1-2H3;1H2. The van der Waals surface area contributed by atoms with Crippen LogP contribution in [-0.4, -0.2) is 37.2 Å². The van der Waals surface area contributed by atoms with Gasteiger partial charge in [-0.3, -0.25) is 4.79 Å². The van der Waals surface area contributed by atoms with E-state index >= 15 is 0 Å². The van der Waals surface area contributed by atoms with Gasteiger partial charge in [0.1, 0.15) is 6.79 Å². The molecule has 1 heterocycles.